The lowest BCUT2D eigenvalue weighted by atomic mass is 9.94. The molecule has 0 bridgehead atoms. The van der Waals surface area contributed by atoms with Crippen LogP contribution in [0.3, 0.4) is 0 Å². The highest BCUT2D eigenvalue weighted by Crippen LogP contribution is 2.18. The molecule has 0 aromatic heterocycles. The van der Waals surface area contributed by atoms with Crippen LogP contribution in [0.2, 0.25) is 25.7 Å². The van der Waals surface area contributed by atoms with Gasteiger partial charge in [-0.05, 0) is 122 Å². The van der Waals surface area contributed by atoms with Gasteiger partial charge in [-0.1, -0.05) is 24.8 Å². The lowest BCUT2D eigenvalue weighted by Crippen LogP contribution is -2.69. The predicted molar refractivity (Wildman–Crippen MR) is 218 cm³/mol. The van der Waals surface area contributed by atoms with Crippen molar-refractivity contribution in [2.24, 2.45) is 5.11 Å². The molecule has 19 nitrogen and oxygen atoms in total. The SMILES string of the molecule is CC(C)(N=[N+]=[N-])C(=O)NC(C)(C)C(=O)NC(C)(C)C(=O)NC(C)(C)C(=O)NC(C)(C)C(=O)NC(C)(C)C(=O)NC(C)(C)C(=O)NC(C)(C)C(=O)OCC[Si](C)(C)C. The van der Waals surface area contributed by atoms with E-state index in [-0.39, 0.29) is 6.61 Å². The second-order valence-electron chi connectivity index (χ2n) is 19.7. The molecule has 0 unspecified atom stereocenters. The van der Waals surface area contributed by atoms with Crippen LogP contribution in [0, 0.1) is 0 Å². The molecule has 0 fully saturated rings. The standard InChI is InChI=1S/C37H68N10O9Si/c1-30(2,40-24(50)32(5,6)42-26(52)34(9,10)44-28(54)36(13,14)46-47-38)22(48)39-31(3,4)23(49)41-33(7,8)25(51)43-35(11,12)27(53)45-37(15,16)29(55)56-20-21-57(17,18)19/h20-21H2,1-19H3,(H,39,48)(H,40,50)(H,41,49)(H,42,52)(H,43,51)(H,44,54)(H,45,53). The van der Waals surface area contributed by atoms with Crippen molar-refractivity contribution in [3.05, 3.63) is 10.4 Å². The number of esters is 1. The molecule has 0 aromatic carbocycles. The van der Waals surface area contributed by atoms with Gasteiger partial charge in [0.15, 0.2) is 0 Å². The fourth-order valence-electron chi connectivity index (χ4n) is 4.26. The highest BCUT2D eigenvalue weighted by molar-refractivity contribution is 6.76. The number of carbonyl (C=O) groups excluding carboxylic acids is 8. The minimum absolute atomic E-state index is 0.229. The Labute approximate surface area is 338 Å². The first kappa shape index (κ1) is 52.3. The molecule has 324 valence electrons. The predicted octanol–water partition coefficient (Wildman–Crippen LogP) is 2.22. The topological polar surface area (TPSA) is 279 Å². The van der Waals surface area contributed by atoms with Crippen LogP contribution in [0.5, 0.6) is 0 Å². The summed E-state index contributed by atoms with van der Waals surface area (Å²) in [4.78, 5) is 108. The number of nitrogens with one attached hydrogen (secondary N) is 7. The van der Waals surface area contributed by atoms with Crippen LogP contribution in [-0.4, -0.2) is 106 Å². The number of azide groups is 1. The van der Waals surface area contributed by atoms with Crippen LogP contribution in [0.25, 0.3) is 10.4 Å². The summed E-state index contributed by atoms with van der Waals surface area (Å²) in [5, 5.41) is 21.5. The molecule has 0 atom stereocenters. The highest BCUT2D eigenvalue weighted by atomic mass is 28.3. The lowest BCUT2D eigenvalue weighted by Gasteiger charge is -2.37. The number of hydrogen-bond donors (Lipinski definition) is 7. The molecule has 0 saturated carbocycles. The fraction of sp³-hybridized carbons (Fsp3) is 0.784. The third kappa shape index (κ3) is 15.6. The van der Waals surface area contributed by atoms with Gasteiger partial charge in [-0.25, -0.2) is 4.79 Å². The van der Waals surface area contributed by atoms with Gasteiger partial charge in [0.25, 0.3) is 0 Å². The first-order valence-corrected chi connectivity index (χ1v) is 22.3. The zero-order valence-electron chi connectivity index (χ0n) is 37.4. The Morgan fingerprint density at radius 1 is 0.456 bits per heavy atom. The summed E-state index contributed by atoms with van der Waals surface area (Å²) in [6.07, 6.45) is 0. The van der Waals surface area contributed by atoms with E-state index in [1.165, 1.54) is 111 Å². The van der Waals surface area contributed by atoms with Crippen molar-refractivity contribution in [1.82, 2.24) is 37.2 Å². The minimum atomic E-state index is -1.64. The Morgan fingerprint density at radius 2 is 0.684 bits per heavy atom. The van der Waals surface area contributed by atoms with Crippen LogP contribution in [0.15, 0.2) is 5.11 Å². The maximum atomic E-state index is 13.5. The highest BCUT2D eigenvalue weighted by Gasteiger charge is 2.45. The molecule has 20 heteroatoms. The van der Waals surface area contributed by atoms with Crippen molar-refractivity contribution in [3.8, 4) is 0 Å². The van der Waals surface area contributed by atoms with E-state index in [1.807, 2.05) is 0 Å². The molecule has 0 spiro atoms. The van der Waals surface area contributed by atoms with E-state index in [4.69, 9.17) is 10.3 Å². The molecule has 0 aromatic rings. The van der Waals surface area contributed by atoms with Crippen LogP contribution in [0.4, 0.5) is 0 Å². The van der Waals surface area contributed by atoms with Gasteiger partial charge in [-0.2, -0.15) is 0 Å². The van der Waals surface area contributed by atoms with E-state index in [0.717, 1.165) is 6.04 Å². The quantitative estimate of drug-likeness (QED) is 0.0330. The first-order chi connectivity index (χ1) is 25.1. The summed E-state index contributed by atoms with van der Waals surface area (Å²) < 4.78 is 5.40. The fourth-order valence-corrected chi connectivity index (χ4v) is 4.97. The Bertz CT molecular complexity index is 1650. The minimum Gasteiger partial charge on any atom is -0.464 e. The average Bonchev–Trinajstić information content (AvgIpc) is 2.98. The van der Waals surface area contributed by atoms with Crippen molar-refractivity contribution >= 4 is 55.4 Å². The summed E-state index contributed by atoms with van der Waals surface area (Å²) in [5.74, 6) is -5.85. The summed E-state index contributed by atoms with van der Waals surface area (Å²) in [7, 11) is -1.46. The van der Waals surface area contributed by atoms with Crippen molar-refractivity contribution in [3.63, 3.8) is 0 Å². The second-order valence-corrected chi connectivity index (χ2v) is 25.4. The third-order valence-electron chi connectivity index (χ3n) is 8.83. The van der Waals surface area contributed by atoms with Gasteiger partial charge in [0, 0.05) is 13.0 Å². The molecule has 57 heavy (non-hydrogen) atoms. The van der Waals surface area contributed by atoms with Gasteiger partial charge < -0.3 is 42.0 Å². The average molecular weight is 825 g/mol. The normalized spacial score (nSPS) is 13.2. The van der Waals surface area contributed by atoms with Gasteiger partial charge in [0.1, 0.15) is 44.3 Å². The van der Waals surface area contributed by atoms with E-state index in [9.17, 15) is 38.4 Å². The van der Waals surface area contributed by atoms with Gasteiger partial charge in [-0.15, -0.1) is 0 Å². The van der Waals surface area contributed by atoms with E-state index < -0.39 is 99.7 Å². The lowest BCUT2D eigenvalue weighted by molar-refractivity contribution is -0.152. The molecule has 0 saturated heterocycles. The summed E-state index contributed by atoms with van der Waals surface area (Å²) in [5.41, 5.74) is -3.74. The molecular weight excluding hydrogens is 757 g/mol. The number of rotatable bonds is 19. The van der Waals surface area contributed by atoms with Gasteiger partial charge in [0.05, 0.1) is 6.61 Å². The molecule has 0 heterocycles. The molecule has 7 N–H and O–H groups in total. The zero-order chi connectivity index (χ0) is 45.6. The van der Waals surface area contributed by atoms with Crippen LogP contribution in [0.1, 0.15) is 111 Å². The summed E-state index contributed by atoms with van der Waals surface area (Å²) in [6.45, 7) is 29.2. The van der Waals surface area contributed by atoms with E-state index in [0.29, 0.717) is 0 Å². The number of hydrogen-bond acceptors (Lipinski definition) is 10. The Kier molecular flexibility index (Phi) is 16.4. The Balaban J connectivity index is 5.65. The van der Waals surface area contributed by atoms with Crippen LogP contribution < -0.4 is 37.2 Å². The van der Waals surface area contributed by atoms with Crippen molar-refractivity contribution in [2.45, 2.75) is 181 Å². The number of ether oxygens (including phenoxy) is 1. The zero-order valence-corrected chi connectivity index (χ0v) is 38.4. The maximum Gasteiger partial charge on any atom is 0.331 e. The number of nitrogens with zero attached hydrogens (tertiary/aromatic N) is 3. The third-order valence-corrected chi connectivity index (χ3v) is 10.5. The maximum absolute atomic E-state index is 13.5. The van der Waals surface area contributed by atoms with Gasteiger partial charge in [-0.3, -0.25) is 33.6 Å². The largest absolute Gasteiger partial charge is 0.464 e. The number of amides is 7. The molecular formula is C37H68N10O9Si. The molecule has 0 radical (unpaired) electrons. The van der Waals surface area contributed by atoms with Crippen molar-refractivity contribution < 1.29 is 43.1 Å². The van der Waals surface area contributed by atoms with Gasteiger partial charge in [0.2, 0.25) is 41.4 Å². The number of carbonyl (C=O) groups is 8. The van der Waals surface area contributed by atoms with Crippen LogP contribution in [-0.2, 0) is 43.1 Å². The summed E-state index contributed by atoms with van der Waals surface area (Å²) >= 11 is 0. The second kappa shape index (κ2) is 17.8. The van der Waals surface area contributed by atoms with E-state index in [2.05, 4.69) is 66.9 Å². The Morgan fingerprint density at radius 3 is 0.912 bits per heavy atom. The van der Waals surface area contributed by atoms with Crippen molar-refractivity contribution in [1.29, 1.82) is 0 Å². The molecule has 0 aliphatic heterocycles. The van der Waals surface area contributed by atoms with Crippen LogP contribution >= 0.6 is 0 Å². The smallest absolute Gasteiger partial charge is 0.331 e. The monoisotopic (exact) mass is 824 g/mol. The van der Waals surface area contributed by atoms with Gasteiger partial charge >= 0.3 is 5.97 Å². The first-order valence-electron chi connectivity index (χ1n) is 18.6. The van der Waals surface area contributed by atoms with E-state index in [1.54, 1.807) is 0 Å². The summed E-state index contributed by atoms with van der Waals surface area (Å²) in [6, 6.07) is 0.755. The van der Waals surface area contributed by atoms with Crippen molar-refractivity contribution in [2.75, 3.05) is 6.61 Å². The Hall–Kier alpha value is -4.71. The molecule has 0 rings (SSSR count). The molecule has 0 aliphatic rings. The molecule has 0 aliphatic carbocycles. The van der Waals surface area contributed by atoms with E-state index >= 15 is 0 Å². The molecule has 7 amide bonds.